The smallest absolute Gasteiger partial charge is 0.317 e. The van der Waals surface area contributed by atoms with Crippen molar-refractivity contribution in [1.82, 2.24) is 4.90 Å². The van der Waals surface area contributed by atoms with Gasteiger partial charge in [-0.1, -0.05) is 25.0 Å². The van der Waals surface area contributed by atoms with Crippen molar-refractivity contribution in [2.45, 2.75) is 38.6 Å². The predicted octanol–water partition coefficient (Wildman–Crippen LogP) is 2.70. The molecule has 4 nitrogen and oxygen atoms in total. The first-order valence-corrected chi connectivity index (χ1v) is 7.30. The standard InChI is InChI=1S/C16H23NO3/c1-13-5-4-8-15(11-13)20-10-9-17(12-16(18)19)14-6-2-3-7-14/h4-5,8,11,14H,2-3,6-7,9-10,12H2,1H3,(H,18,19). The summed E-state index contributed by atoms with van der Waals surface area (Å²) in [6.07, 6.45) is 4.63. The topological polar surface area (TPSA) is 49.8 Å². The maximum absolute atomic E-state index is 11.0. The average molecular weight is 277 g/mol. The summed E-state index contributed by atoms with van der Waals surface area (Å²) in [6, 6.07) is 8.34. The number of carboxylic acid groups (broad SMARTS) is 1. The number of rotatable bonds is 7. The molecule has 0 aliphatic heterocycles. The molecule has 0 atom stereocenters. The van der Waals surface area contributed by atoms with Crippen LogP contribution in [0.25, 0.3) is 0 Å². The van der Waals surface area contributed by atoms with Crippen LogP contribution in [0.1, 0.15) is 31.2 Å². The van der Waals surface area contributed by atoms with Crippen LogP contribution in [0.15, 0.2) is 24.3 Å². The molecule has 0 amide bonds. The van der Waals surface area contributed by atoms with Gasteiger partial charge >= 0.3 is 5.97 Å². The Balaban J connectivity index is 1.83. The van der Waals surface area contributed by atoms with E-state index in [9.17, 15) is 4.79 Å². The highest BCUT2D eigenvalue weighted by Gasteiger charge is 2.23. The molecule has 0 heterocycles. The molecule has 0 bridgehead atoms. The number of ether oxygens (including phenoxy) is 1. The summed E-state index contributed by atoms with van der Waals surface area (Å²) in [5.74, 6) is 0.0964. The van der Waals surface area contributed by atoms with E-state index in [0.29, 0.717) is 19.2 Å². The van der Waals surface area contributed by atoms with Crippen molar-refractivity contribution in [3.63, 3.8) is 0 Å². The Morgan fingerprint density at radius 2 is 2.15 bits per heavy atom. The largest absolute Gasteiger partial charge is 0.492 e. The first-order chi connectivity index (χ1) is 9.65. The van der Waals surface area contributed by atoms with Gasteiger partial charge in [0.05, 0.1) is 6.54 Å². The van der Waals surface area contributed by atoms with Crippen molar-refractivity contribution in [2.24, 2.45) is 0 Å². The number of hydrogen-bond donors (Lipinski definition) is 1. The van der Waals surface area contributed by atoms with Crippen LogP contribution in [0.2, 0.25) is 0 Å². The summed E-state index contributed by atoms with van der Waals surface area (Å²) < 4.78 is 5.72. The summed E-state index contributed by atoms with van der Waals surface area (Å²) in [7, 11) is 0. The molecule has 110 valence electrons. The minimum Gasteiger partial charge on any atom is -0.492 e. The van der Waals surface area contributed by atoms with E-state index >= 15 is 0 Å². The van der Waals surface area contributed by atoms with Gasteiger partial charge in [0.1, 0.15) is 12.4 Å². The van der Waals surface area contributed by atoms with E-state index < -0.39 is 5.97 Å². The van der Waals surface area contributed by atoms with Gasteiger partial charge in [-0.15, -0.1) is 0 Å². The van der Waals surface area contributed by atoms with Crippen molar-refractivity contribution in [1.29, 1.82) is 0 Å². The third kappa shape index (κ3) is 4.53. The molecule has 2 rings (SSSR count). The lowest BCUT2D eigenvalue weighted by Gasteiger charge is -2.26. The van der Waals surface area contributed by atoms with Crippen LogP contribution in [0.4, 0.5) is 0 Å². The Kier molecular flexibility index (Phi) is 5.41. The van der Waals surface area contributed by atoms with Gasteiger partial charge in [-0.25, -0.2) is 0 Å². The second-order valence-electron chi connectivity index (χ2n) is 5.47. The quantitative estimate of drug-likeness (QED) is 0.832. The first-order valence-electron chi connectivity index (χ1n) is 7.30. The molecule has 1 aliphatic rings. The molecule has 1 saturated carbocycles. The van der Waals surface area contributed by atoms with E-state index in [1.54, 1.807) is 0 Å². The number of aliphatic carboxylic acids is 1. The minimum absolute atomic E-state index is 0.113. The zero-order valence-electron chi connectivity index (χ0n) is 12.0. The van der Waals surface area contributed by atoms with E-state index in [-0.39, 0.29) is 6.54 Å². The van der Waals surface area contributed by atoms with Crippen LogP contribution in [0.3, 0.4) is 0 Å². The second-order valence-corrected chi connectivity index (χ2v) is 5.47. The number of aryl methyl sites for hydroxylation is 1. The zero-order chi connectivity index (χ0) is 14.4. The summed E-state index contributed by atoms with van der Waals surface area (Å²) in [4.78, 5) is 13.0. The third-order valence-corrected chi connectivity index (χ3v) is 3.82. The van der Waals surface area contributed by atoms with Crippen molar-refractivity contribution < 1.29 is 14.6 Å². The third-order valence-electron chi connectivity index (χ3n) is 3.82. The summed E-state index contributed by atoms with van der Waals surface area (Å²) in [5.41, 5.74) is 1.17. The van der Waals surface area contributed by atoms with Crippen molar-refractivity contribution in [2.75, 3.05) is 19.7 Å². The fourth-order valence-electron chi connectivity index (χ4n) is 2.82. The highest BCUT2D eigenvalue weighted by atomic mass is 16.5. The SMILES string of the molecule is Cc1cccc(OCCN(CC(=O)O)C2CCCC2)c1. The number of nitrogens with zero attached hydrogens (tertiary/aromatic N) is 1. The summed E-state index contributed by atoms with van der Waals surface area (Å²) in [5, 5.41) is 9.01. The van der Waals surface area contributed by atoms with Crippen LogP contribution in [0, 0.1) is 6.92 Å². The normalized spacial score (nSPS) is 15.7. The maximum Gasteiger partial charge on any atom is 0.317 e. The molecule has 4 heteroatoms. The molecule has 1 aliphatic carbocycles. The summed E-state index contributed by atoms with van der Waals surface area (Å²) in [6.45, 7) is 3.35. The molecule has 1 aromatic carbocycles. The molecule has 0 saturated heterocycles. The van der Waals surface area contributed by atoms with Gasteiger partial charge in [-0.3, -0.25) is 9.69 Å². The van der Waals surface area contributed by atoms with Gasteiger partial charge in [0.2, 0.25) is 0 Å². The molecule has 1 fully saturated rings. The maximum atomic E-state index is 11.0. The van der Waals surface area contributed by atoms with E-state index in [1.165, 1.54) is 18.4 Å². The van der Waals surface area contributed by atoms with Crippen LogP contribution < -0.4 is 4.74 Å². The second kappa shape index (κ2) is 7.29. The Labute approximate surface area is 120 Å². The lowest BCUT2D eigenvalue weighted by Crippen LogP contribution is -2.40. The number of carboxylic acids is 1. The van der Waals surface area contributed by atoms with Gasteiger partial charge in [-0.2, -0.15) is 0 Å². The fourth-order valence-corrected chi connectivity index (χ4v) is 2.82. The molecule has 20 heavy (non-hydrogen) atoms. The van der Waals surface area contributed by atoms with Gasteiger partial charge in [-0.05, 0) is 37.5 Å². The molecule has 0 spiro atoms. The molecule has 1 N–H and O–H groups in total. The molecule has 1 aromatic rings. The molecular weight excluding hydrogens is 254 g/mol. The number of benzene rings is 1. The Morgan fingerprint density at radius 1 is 1.40 bits per heavy atom. The van der Waals surface area contributed by atoms with Crippen LogP contribution in [0.5, 0.6) is 5.75 Å². The molecule has 0 unspecified atom stereocenters. The Bertz CT molecular complexity index is 441. The van der Waals surface area contributed by atoms with E-state index in [4.69, 9.17) is 9.84 Å². The number of carbonyl (C=O) groups is 1. The minimum atomic E-state index is -0.757. The summed E-state index contributed by atoms with van der Waals surface area (Å²) >= 11 is 0. The predicted molar refractivity (Wildman–Crippen MR) is 78.1 cm³/mol. The first kappa shape index (κ1) is 14.9. The molecular formula is C16H23NO3. The van der Waals surface area contributed by atoms with Gasteiger partial charge in [0.15, 0.2) is 0 Å². The highest BCUT2D eigenvalue weighted by molar-refractivity contribution is 5.69. The molecule has 0 radical (unpaired) electrons. The fraction of sp³-hybridized carbons (Fsp3) is 0.562. The monoisotopic (exact) mass is 277 g/mol. The Morgan fingerprint density at radius 3 is 2.80 bits per heavy atom. The number of hydrogen-bond acceptors (Lipinski definition) is 3. The Hall–Kier alpha value is -1.55. The van der Waals surface area contributed by atoms with Gasteiger partial charge in [0, 0.05) is 12.6 Å². The zero-order valence-corrected chi connectivity index (χ0v) is 12.0. The van der Waals surface area contributed by atoms with Crippen LogP contribution in [-0.2, 0) is 4.79 Å². The van der Waals surface area contributed by atoms with E-state index in [1.807, 2.05) is 36.1 Å². The van der Waals surface area contributed by atoms with Crippen molar-refractivity contribution in [3.8, 4) is 5.75 Å². The lowest BCUT2D eigenvalue weighted by molar-refractivity contribution is -0.139. The van der Waals surface area contributed by atoms with Crippen molar-refractivity contribution >= 4 is 5.97 Å². The van der Waals surface area contributed by atoms with E-state index in [0.717, 1.165) is 18.6 Å². The lowest BCUT2D eigenvalue weighted by atomic mass is 10.2. The van der Waals surface area contributed by atoms with Gasteiger partial charge in [0.25, 0.3) is 0 Å². The highest BCUT2D eigenvalue weighted by Crippen LogP contribution is 2.23. The molecule has 0 aromatic heterocycles. The van der Waals surface area contributed by atoms with Gasteiger partial charge < -0.3 is 9.84 Å². The van der Waals surface area contributed by atoms with Crippen molar-refractivity contribution in [3.05, 3.63) is 29.8 Å². The van der Waals surface area contributed by atoms with Crippen LogP contribution >= 0.6 is 0 Å². The average Bonchev–Trinajstić information content (AvgIpc) is 2.91. The van der Waals surface area contributed by atoms with Crippen LogP contribution in [-0.4, -0.2) is 41.7 Å². The van der Waals surface area contributed by atoms with E-state index in [2.05, 4.69) is 0 Å².